The van der Waals surface area contributed by atoms with Crippen LogP contribution in [-0.4, -0.2) is 17.1 Å². The van der Waals surface area contributed by atoms with Gasteiger partial charge in [0.05, 0.1) is 0 Å². The van der Waals surface area contributed by atoms with Crippen molar-refractivity contribution in [1.29, 1.82) is 0 Å². The highest BCUT2D eigenvalue weighted by Gasteiger charge is 2.17. The Bertz CT molecular complexity index is 699. The summed E-state index contributed by atoms with van der Waals surface area (Å²) in [5.74, 6) is -0.391. The van der Waals surface area contributed by atoms with E-state index in [1.165, 1.54) is 12.1 Å². The van der Waals surface area contributed by atoms with E-state index in [0.717, 1.165) is 31.4 Å². The zero-order valence-corrected chi connectivity index (χ0v) is 14.3. The Morgan fingerprint density at radius 3 is 2.57 bits per heavy atom. The van der Waals surface area contributed by atoms with Crippen molar-refractivity contribution in [2.24, 2.45) is 5.73 Å². The third kappa shape index (κ3) is 4.91. The first-order chi connectivity index (χ1) is 10.1. The average molecular weight is 362 g/mol. The van der Waals surface area contributed by atoms with E-state index in [1.807, 2.05) is 0 Å². The molecule has 1 heterocycles. The maximum atomic E-state index is 13.2. The second-order valence-electron chi connectivity index (χ2n) is 5.84. The van der Waals surface area contributed by atoms with Crippen LogP contribution < -0.4 is 16.5 Å². The number of hydrogen-bond acceptors (Lipinski definition) is 3. The first-order valence-corrected chi connectivity index (χ1v) is 7.42. The molecule has 0 amide bonds. The Morgan fingerprint density at radius 1 is 1.17 bits per heavy atom. The molecule has 1 aromatic heterocycles. The van der Waals surface area contributed by atoms with Crippen LogP contribution in [0, 0.1) is 5.82 Å². The molecule has 0 atom stereocenters. The second-order valence-corrected chi connectivity index (χ2v) is 5.84. The molecule has 1 fully saturated rings. The highest BCUT2D eigenvalue weighted by molar-refractivity contribution is 5.85. The van der Waals surface area contributed by atoms with Gasteiger partial charge in [-0.15, -0.1) is 24.8 Å². The Hall–Kier alpha value is -1.14. The van der Waals surface area contributed by atoms with Gasteiger partial charge in [0.15, 0.2) is 5.43 Å². The number of nitrogens with one attached hydrogen (secondary N) is 2. The lowest BCUT2D eigenvalue weighted by Crippen LogP contribution is -2.37. The lowest BCUT2D eigenvalue weighted by atomic mass is 9.92. The summed E-state index contributed by atoms with van der Waals surface area (Å²) in [6, 6.07) is 6.57. The van der Waals surface area contributed by atoms with Crippen molar-refractivity contribution in [3.05, 3.63) is 46.0 Å². The predicted molar refractivity (Wildman–Crippen MR) is 96.1 cm³/mol. The number of pyridine rings is 1. The molecule has 0 bridgehead atoms. The summed E-state index contributed by atoms with van der Waals surface area (Å²) in [5, 5.41) is 3.85. The molecule has 4 N–H and O–H groups in total. The van der Waals surface area contributed by atoms with Gasteiger partial charge in [0.25, 0.3) is 0 Å². The van der Waals surface area contributed by atoms with Crippen molar-refractivity contribution in [2.75, 3.05) is 0 Å². The zero-order valence-electron chi connectivity index (χ0n) is 12.7. The van der Waals surface area contributed by atoms with Crippen molar-refractivity contribution in [3.8, 4) is 0 Å². The quantitative estimate of drug-likeness (QED) is 0.786. The molecule has 1 saturated carbocycles. The molecule has 7 heteroatoms. The molecule has 128 valence electrons. The number of hydrogen-bond donors (Lipinski definition) is 3. The van der Waals surface area contributed by atoms with Crippen molar-refractivity contribution >= 4 is 35.7 Å². The minimum Gasteiger partial charge on any atom is -0.357 e. The van der Waals surface area contributed by atoms with Crippen LogP contribution >= 0.6 is 24.8 Å². The summed E-state index contributed by atoms with van der Waals surface area (Å²) >= 11 is 0. The van der Waals surface area contributed by atoms with Crippen LogP contribution in [0.15, 0.2) is 29.1 Å². The Morgan fingerprint density at radius 2 is 1.87 bits per heavy atom. The minimum absolute atomic E-state index is 0. The van der Waals surface area contributed by atoms with Gasteiger partial charge in [-0.3, -0.25) is 4.79 Å². The van der Waals surface area contributed by atoms with Crippen LogP contribution in [0.25, 0.3) is 10.9 Å². The Labute approximate surface area is 146 Å². The predicted octanol–water partition coefficient (Wildman–Crippen LogP) is 2.87. The molecule has 1 aliphatic rings. The summed E-state index contributed by atoms with van der Waals surface area (Å²) in [5.41, 5.74) is 7.25. The van der Waals surface area contributed by atoms with Gasteiger partial charge < -0.3 is 16.0 Å². The van der Waals surface area contributed by atoms with Crippen LogP contribution in [0.1, 0.15) is 31.4 Å². The third-order valence-electron chi connectivity index (χ3n) is 4.20. The van der Waals surface area contributed by atoms with E-state index in [9.17, 15) is 9.18 Å². The molecule has 23 heavy (non-hydrogen) atoms. The number of nitrogens with two attached hydrogens (primary N) is 1. The number of H-pyrrole nitrogens is 1. The molecule has 1 aromatic carbocycles. The van der Waals surface area contributed by atoms with Crippen molar-refractivity contribution in [2.45, 2.75) is 44.3 Å². The van der Waals surface area contributed by atoms with E-state index < -0.39 is 5.82 Å². The number of rotatable bonds is 3. The smallest absolute Gasteiger partial charge is 0.189 e. The lowest BCUT2D eigenvalue weighted by molar-refractivity contribution is 0.341. The topological polar surface area (TPSA) is 70.9 Å². The fourth-order valence-corrected chi connectivity index (χ4v) is 2.95. The highest BCUT2D eigenvalue weighted by atomic mass is 35.5. The van der Waals surface area contributed by atoms with E-state index in [1.54, 1.807) is 12.1 Å². The normalized spacial score (nSPS) is 20.6. The minimum atomic E-state index is -0.391. The van der Waals surface area contributed by atoms with Crippen molar-refractivity contribution in [1.82, 2.24) is 10.3 Å². The second kappa shape index (κ2) is 8.64. The summed E-state index contributed by atoms with van der Waals surface area (Å²) in [6.45, 7) is 0.614. The van der Waals surface area contributed by atoms with Gasteiger partial charge in [-0.05, 0) is 43.9 Å². The van der Waals surface area contributed by atoms with Gasteiger partial charge in [-0.2, -0.15) is 0 Å². The van der Waals surface area contributed by atoms with Gasteiger partial charge in [0, 0.05) is 41.3 Å². The standard InChI is InChI=1S/C16H20FN3O.2ClH/c17-10-1-6-15-14(7-10)16(21)8-13(20-15)9-19-12-4-2-11(18)3-5-12;;/h1,6-8,11-12,19H,2-5,9,18H2,(H,20,21);2*1H. The van der Waals surface area contributed by atoms with Crippen LogP contribution in [0.3, 0.4) is 0 Å². The molecule has 2 aromatic rings. The van der Waals surface area contributed by atoms with Gasteiger partial charge in [0.1, 0.15) is 5.82 Å². The van der Waals surface area contributed by atoms with E-state index in [4.69, 9.17) is 5.73 Å². The molecular formula is C16H22Cl2FN3O. The van der Waals surface area contributed by atoms with E-state index in [0.29, 0.717) is 29.5 Å². The number of aromatic amines is 1. The van der Waals surface area contributed by atoms with Gasteiger partial charge in [-0.1, -0.05) is 0 Å². The maximum Gasteiger partial charge on any atom is 0.189 e. The van der Waals surface area contributed by atoms with Crippen LogP contribution in [0.5, 0.6) is 0 Å². The third-order valence-corrected chi connectivity index (χ3v) is 4.20. The molecule has 0 saturated heterocycles. The fraction of sp³-hybridized carbons (Fsp3) is 0.438. The first kappa shape index (κ1) is 19.9. The molecule has 1 aliphatic carbocycles. The van der Waals surface area contributed by atoms with Crippen LogP contribution in [0.2, 0.25) is 0 Å². The molecular weight excluding hydrogens is 340 g/mol. The number of halogens is 3. The number of benzene rings is 1. The summed E-state index contributed by atoms with van der Waals surface area (Å²) in [6.07, 6.45) is 4.24. The lowest BCUT2D eigenvalue weighted by Gasteiger charge is -2.26. The van der Waals surface area contributed by atoms with Gasteiger partial charge in [0.2, 0.25) is 0 Å². The Balaban J connectivity index is 0.00000132. The van der Waals surface area contributed by atoms with E-state index in [-0.39, 0.29) is 30.2 Å². The Kier molecular flexibility index (Phi) is 7.48. The summed E-state index contributed by atoms with van der Waals surface area (Å²) < 4.78 is 13.2. The molecule has 0 spiro atoms. The average Bonchev–Trinajstić information content (AvgIpc) is 2.47. The fourth-order valence-electron chi connectivity index (χ4n) is 2.95. The van der Waals surface area contributed by atoms with E-state index >= 15 is 0 Å². The number of fused-ring (bicyclic) bond motifs is 1. The molecule has 0 unspecified atom stereocenters. The molecule has 0 aliphatic heterocycles. The SMILES string of the molecule is Cl.Cl.NC1CCC(NCc2cc(=O)c3cc(F)ccc3[nH]2)CC1. The maximum absolute atomic E-state index is 13.2. The molecule has 0 radical (unpaired) electrons. The van der Waals surface area contributed by atoms with Crippen molar-refractivity contribution < 1.29 is 4.39 Å². The summed E-state index contributed by atoms with van der Waals surface area (Å²) in [4.78, 5) is 15.2. The monoisotopic (exact) mass is 361 g/mol. The molecule has 3 rings (SSSR count). The first-order valence-electron chi connectivity index (χ1n) is 7.42. The summed E-state index contributed by atoms with van der Waals surface area (Å²) in [7, 11) is 0. The van der Waals surface area contributed by atoms with E-state index in [2.05, 4.69) is 10.3 Å². The largest absolute Gasteiger partial charge is 0.357 e. The molecule has 4 nitrogen and oxygen atoms in total. The van der Waals surface area contributed by atoms with Crippen LogP contribution in [-0.2, 0) is 6.54 Å². The number of aromatic nitrogens is 1. The van der Waals surface area contributed by atoms with Crippen molar-refractivity contribution in [3.63, 3.8) is 0 Å². The van der Waals surface area contributed by atoms with Gasteiger partial charge >= 0.3 is 0 Å². The van der Waals surface area contributed by atoms with Gasteiger partial charge in [-0.25, -0.2) is 4.39 Å². The van der Waals surface area contributed by atoms with Crippen LogP contribution in [0.4, 0.5) is 4.39 Å². The highest BCUT2D eigenvalue weighted by Crippen LogP contribution is 2.17. The zero-order chi connectivity index (χ0) is 14.8.